The molecule has 0 saturated carbocycles. The highest BCUT2D eigenvalue weighted by molar-refractivity contribution is 6.24. The standard InChI is InChI=1S/C20H22O2/c1-10(2)8-14-9-12(4)15-7-6-11(3)16-18(15)17(14)13(5)19(21)20(16)22/h6-7,9-10,21H,8H2,1-5H3. The summed E-state index contributed by atoms with van der Waals surface area (Å²) in [6, 6.07) is 6.28. The molecule has 0 unspecified atom stereocenters. The topological polar surface area (TPSA) is 37.3 Å². The van der Waals surface area contributed by atoms with Crippen molar-refractivity contribution in [1.82, 2.24) is 0 Å². The predicted molar refractivity (Wildman–Crippen MR) is 91.5 cm³/mol. The minimum Gasteiger partial charge on any atom is -0.504 e. The Morgan fingerprint density at radius 1 is 1.05 bits per heavy atom. The largest absolute Gasteiger partial charge is 0.504 e. The molecule has 0 radical (unpaired) electrons. The van der Waals surface area contributed by atoms with Gasteiger partial charge in [-0.1, -0.05) is 32.0 Å². The van der Waals surface area contributed by atoms with Crippen LogP contribution in [0.3, 0.4) is 0 Å². The molecule has 0 aliphatic heterocycles. The van der Waals surface area contributed by atoms with Gasteiger partial charge in [-0.05, 0) is 60.7 Å². The first-order valence-corrected chi connectivity index (χ1v) is 7.83. The zero-order valence-electron chi connectivity index (χ0n) is 13.9. The summed E-state index contributed by atoms with van der Waals surface area (Å²) in [5.74, 6) is 0.181. The molecule has 0 fully saturated rings. The number of Topliss-reactive ketones (excluding diaryl/α,β-unsaturated/α-hetero) is 1. The number of rotatable bonds is 2. The minimum atomic E-state index is -0.241. The molecule has 0 spiro atoms. The number of hydrogen-bond acceptors (Lipinski definition) is 2. The van der Waals surface area contributed by atoms with Crippen LogP contribution in [0, 0.1) is 19.8 Å². The van der Waals surface area contributed by atoms with Crippen molar-refractivity contribution >= 4 is 22.1 Å². The number of carbonyl (C=O) groups excluding carboxylic acids is 1. The second-order valence-corrected chi connectivity index (χ2v) is 6.81. The third kappa shape index (κ3) is 1.98. The minimum absolute atomic E-state index is 0.100. The van der Waals surface area contributed by atoms with Crippen LogP contribution in [0.2, 0.25) is 0 Å². The molecule has 0 atom stereocenters. The maximum absolute atomic E-state index is 12.6. The van der Waals surface area contributed by atoms with Gasteiger partial charge < -0.3 is 5.11 Å². The molecule has 0 heterocycles. The van der Waals surface area contributed by atoms with Crippen molar-refractivity contribution in [2.24, 2.45) is 5.92 Å². The summed E-state index contributed by atoms with van der Waals surface area (Å²) >= 11 is 0. The quantitative estimate of drug-likeness (QED) is 0.832. The van der Waals surface area contributed by atoms with Crippen molar-refractivity contribution in [1.29, 1.82) is 0 Å². The number of carbonyl (C=O) groups is 1. The third-order valence-corrected chi connectivity index (χ3v) is 4.60. The SMILES string of the molecule is CC1=C(O)C(=O)c2c(C)ccc3c(C)cc(CC(C)C)c1c23. The van der Waals surface area contributed by atoms with Gasteiger partial charge in [0.15, 0.2) is 5.76 Å². The zero-order valence-corrected chi connectivity index (χ0v) is 13.9. The lowest BCUT2D eigenvalue weighted by Gasteiger charge is -2.24. The smallest absolute Gasteiger partial charge is 0.228 e. The lowest BCUT2D eigenvalue weighted by molar-refractivity contribution is 0.0979. The van der Waals surface area contributed by atoms with Crippen molar-refractivity contribution in [2.75, 3.05) is 0 Å². The first-order chi connectivity index (χ1) is 10.3. The summed E-state index contributed by atoms with van der Waals surface area (Å²) in [7, 11) is 0. The molecule has 114 valence electrons. The molecule has 3 rings (SSSR count). The van der Waals surface area contributed by atoms with E-state index in [1.54, 1.807) is 0 Å². The summed E-state index contributed by atoms with van der Waals surface area (Å²) < 4.78 is 0. The Labute approximate surface area is 131 Å². The van der Waals surface area contributed by atoms with Crippen LogP contribution in [0.4, 0.5) is 0 Å². The molecule has 2 aromatic rings. The maximum atomic E-state index is 12.6. The number of allylic oxidation sites excluding steroid dienone is 2. The van der Waals surface area contributed by atoms with Crippen molar-refractivity contribution < 1.29 is 9.90 Å². The average Bonchev–Trinajstić information content (AvgIpc) is 2.43. The van der Waals surface area contributed by atoms with Crippen LogP contribution >= 0.6 is 0 Å². The lowest BCUT2D eigenvalue weighted by atomic mass is 9.79. The first kappa shape index (κ1) is 14.8. The number of aliphatic hydroxyl groups is 1. The molecule has 0 bridgehead atoms. The molecule has 1 aliphatic rings. The van der Waals surface area contributed by atoms with Crippen molar-refractivity contribution in [2.45, 2.75) is 41.0 Å². The monoisotopic (exact) mass is 294 g/mol. The highest BCUT2D eigenvalue weighted by Crippen LogP contribution is 2.41. The third-order valence-electron chi connectivity index (χ3n) is 4.60. The molecule has 1 N–H and O–H groups in total. The van der Waals surface area contributed by atoms with Gasteiger partial charge in [0.05, 0.1) is 0 Å². The fraction of sp³-hybridized carbons (Fsp3) is 0.350. The predicted octanol–water partition coefficient (Wildman–Crippen LogP) is 5.14. The van der Waals surface area contributed by atoms with Crippen LogP contribution in [0.1, 0.15) is 53.4 Å². The number of hydrogen-bond donors (Lipinski definition) is 1. The summed E-state index contributed by atoms with van der Waals surface area (Å²) in [4.78, 5) is 12.6. The van der Waals surface area contributed by atoms with Crippen LogP contribution < -0.4 is 0 Å². The van der Waals surface area contributed by atoms with Crippen LogP contribution in [0.15, 0.2) is 24.0 Å². The molecular formula is C20H22O2. The number of benzene rings is 2. The van der Waals surface area contributed by atoms with Gasteiger partial charge in [-0.3, -0.25) is 4.79 Å². The van der Waals surface area contributed by atoms with E-state index in [4.69, 9.17) is 0 Å². The van der Waals surface area contributed by atoms with Crippen LogP contribution in [0.25, 0.3) is 16.3 Å². The molecule has 2 nitrogen and oxygen atoms in total. The Balaban J connectivity index is 2.52. The van der Waals surface area contributed by atoms with Gasteiger partial charge in [-0.25, -0.2) is 0 Å². The van der Waals surface area contributed by atoms with Crippen molar-refractivity contribution in [3.63, 3.8) is 0 Å². The Morgan fingerprint density at radius 3 is 2.36 bits per heavy atom. The second kappa shape index (κ2) is 4.98. The maximum Gasteiger partial charge on any atom is 0.228 e. The molecule has 0 saturated heterocycles. The molecule has 0 aromatic heterocycles. The number of ketones is 1. The Hall–Kier alpha value is -2.09. The summed E-state index contributed by atoms with van der Waals surface area (Å²) in [6.45, 7) is 10.3. The van der Waals surface area contributed by atoms with Crippen LogP contribution in [-0.2, 0) is 6.42 Å². The van der Waals surface area contributed by atoms with Gasteiger partial charge in [0, 0.05) is 16.5 Å². The molecular weight excluding hydrogens is 272 g/mol. The zero-order chi connectivity index (χ0) is 16.2. The van der Waals surface area contributed by atoms with Gasteiger partial charge in [0.1, 0.15) is 0 Å². The normalized spacial score (nSPS) is 14.4. The Kier molecular flexibility index (Phi) is 3.36. The highest BCUT2D eigenvalue weighted by Gasteiger charge is 2.29. The van der Waals surface area contributed by atoms with Gasteiger partial charge in [-0.15, -0.1) is 0 Å². The highest BCUT2D eigenvalue weighted by atomic mass is 16.3. The van der Waals surface area contributed by atoms with E-state index in [2.05, 4.69) is 32.9 Å². The molecule has 22 heavy (non-hydrogen) atoms. The van der Waals surface area contributed by atoms with Crippen molar-refractivity contribution in [3.8, 4) is 0 Å². The summed E-state index contributed by atoms with van der Waals surface area (Å²) in [6.07, 6.45) is 0.943. The average molecular weight is 294 g/mol. The first-order valence-electron chi connectivity index (χ1n) is 7.83. The van der Waals surface area contributed by atoms with Gasteiger partial charge >= 0.3 is 0 Å². The van der Waals surface area contributed by atoms with E-state index in [0.717, 1.165) is 28.3 Å². The van der Waals surface area contributed by atoms with E-state index in [-0.39, 0.29) is 11.5 Å². The van der Waals surface area contributed by atoms with Gasteiger partial charge in [0.2, 0.25) is 5.78 Å². The fourth-order valence-electron chi connectivity index (χ4n) is 3.60. The molecule has 2 aromatic carbocycles. The molecule has 0 amide bonds. The molecule has 2 heteroatoms. The van der Waals surface area contributed by atoms with Crippen LogP contribution in [-0.4, -0.2) is 10.9 Å². The van der Waals surface area contributed by atoms with Crippen LogP contribution in [0.5, 0.6) is 0 Å². The summed E-state index contributed by atoms with van der Waals surface area (Å²) in [5, 5.41) is 12.5. The fourth-order valence-corrected chi connectivity index (χ4v) is 3.60. The number of aryl methyl sites for hydroxylation is 2. The Bertz CT molecular complexity index is 839. The van der Waals surface area contributed by atoms with E-state index in [9.17, 15) is 9.90 Å². The van der Waals surface area contributed by atoms with Gasteiger partial charge in [-0.2, -0.15) is 0 Å². The van der Waals surface area contributed by atoms with E-state index in [1.807, 2.05) is 19.9 Å². The van der Waals surface area contributed by atoms with E-state index in [0.29, 0.717) is 17.1 Å². The second-order valence-electron chi connectivity index (χ2n) is 6.81. The van der Waals surface area contributed by atoms with Gasteiger partial charge in [0.25, 0.3) is 0 Å². The van der Waals surface area contributed by atoms with E-state index in [1.165, 1.54) is 11.1 Å². The summed E-state index contributed by atoms with van der Waals surface area (Å²) in [5.41, 5.74) is 5.79. The van der Waals surface area contributed by atoms with Crippen molar-refractivity contribution in [3.05, 3.63) is 51.8 Å². The van der Waals surface area contributed by atoms with E-state index < -0.39 is 0 Å². The molecule has 1 aliphatic carbocycles. The lowest BCUT2D eigenvalue weighted by Crippen LogP contribution is -2.15. The van der Waals surface area contributed by atoms with E-state index >= 15 is 0 Å². The Morgan fingerprint density at radius 2 is 1.73 bits per heavy atom. The number of aliphatic hydroxyl groups excluding tert-OH is 1.